The average Bonchev–Trinajstić information content (AvgIpc) is 2.78. The fraction of sp³-hybridized carbons (Fsp3) is 0.409. The first-order chi connectivity index (χ1) is 14.5. The maximum Gasteiger partial charge on any atom is 0.257 e. The van der Waals surface area contributed by atoms with Gasteiger partial charge in [0.2, 0.25) is 5.75 Å². The van der Waals surface area contributed by atoms with E-state index in [1.54, 1.807) is 30.2 Å². The molecule has 2 aromatic rings. The fourth-order valence-electron chi connectivity index (χ4n) is 3.66. The molecule has 0 aliphatic carbocycles. The molecule has 0 N–H and O–H groups in total. The molecule has 0 radical (unpaired) electrons. The SMILES string of the molecule is COc1ccc(F)cc1CN1CCN(C(=O)c2ccc(OC)c(OC)c2OC)CC1. The monoisotopic (exact) mass is 418 g/mol. The third kappa shape index (κ3) is 4.43. The predicted octanol–water partition coefficient (Wildman–Crippen LogP) is 2.82. The quantitative estimate of drug-likeness (QED) is 0.689. The number of methoxy groups -OCH3 is 4. The largest absolute Gasteiger partial charge is 0.496 e. The van der Waals surface area contributed by atoms with Crippen molar-refractivity contribution in [1.82, 2.24) is 9.80 Å². The lowest BCUT2D eigenvalue weighted by Gasteiger charge is -2.35. The van der Waals surface area contributed by atoms with Crippen molar-refractivity contribution in [2.24, 2.45) is 0 Å². The number of hydrogen-bond donors (Lipinski definition) is 0. The van der Waals surface area contributed by atoms with Crippen LogP contribution in [-0.4, -0.2) is 70.3 Å². The highest BCUT2D eigenvalue weighted by Gasteiger charge is 2.27. The van der Waals surface area contributed by atoms with E-state index in [4.69, 9.17) is 18.9 Å². The molecule has 1 aliphatic heterocycles. The number of benzene rings is 2. The standard InChI is InChI=1S/C22H27FN2O5/c1-27-18-7-5-16(23)13-15(18)14-24-9-11-25(12-10-24)22(26)17-6-8-19(28-2)21(30-4)20(17)29-3/h5-8,13H,9-12,14H2,1-4H3. The minimum absolute atomic E-state index is 0.129. The van der Waals surface area contributed by atoms with E-state index in [-0.39, 0.29) is 11.7 Å². The highest BCUT2D eigenvalue weighted by atomic mass is 19.1. The van der Waals surface area contributed by atoms with Crippen LogP contribution in [0.4, 0.5) is 4.39 Å². The van der Waals surface area contributed by atoms with E-state index in [0.717, 1.165) is 5.56 Å². The van der Waals surface area contributed by atoms with Gasteiger partial charge in [-0.05, 0) is 30.3 Å². The molecule has 0 spiro atoms. The number of amides is 1. The molecule has 1 aliphatic rings. The van der Waals surface area contributed by atoms with Crippen molar-refractivity contribution >= 4 is 5.91 Å². The summed E-state index contributed by atoms with van der Waals surface area (Å²) >= 11 is 0. The number of ether oxygens (including phenoxy) is 4. The van der Waals surface area contributed by atoms with E-state index in [2.05, 4.69) is 4.90 Å². The van der Waals surface area contributed by atoms with Crippen molar-refractivity contribution in [3.63, 3.8) is 0 Å². The van der Waals surface area contributed by atoms with Gasteiger partial charge in [-0.25, -0.2) is 4.39 Å². The van der Waals surface area contributed by atoms with Crippen LogP contribution >= 0.6 is 0 Å². The lowest BCUT2D eigenvalue weighted by Crippen LogP contribution is -2.48. The first-order valence-corrected chi connectivity index (χ1v) is 9.65. The van der Waals surface area contributed by atoms with Crippen LogP contribution in [0.2, 0.25) is 0 Å². The summed E-state index contributed by atoms with van der Waals surface area (Å²) in [6.07, 6.45) is 0. The molecule has 1 saturated heterocycles. The van der Waals surface area contributed by atoms with Crippen LogP contribution in [0.3, 0.4) is 0 Å². The van der Waals surface area contributed by atoms with E-state index in [0.29, 0.717) is 61.3 Å². The molecule has 0 bridgehead atoms. The second-order valence-corrected chi connectivity index (χ2v) is 6.91. The zero-order valence-electron chi connectivity index (χ0n) is 17.7. The summed E-state index contributed by atoms with van der Waals surface area (Å²) in [4.78, 5) is 17.1. The first-order valence-electron chi connectivity index (χ1n) is 9.65. The average molecular weight is 418 g/mol. The van der Waals surface area contributed by atoms with Crippen LogP contribution < -0.4 is 18.9 Å². The summed E-state index contributed by atoms with van der Waals surface area (Å²) in [7, 11) is 6.11. The minimum Gasteiger partial charge on any atom is -0.496 e. The Morgan fingerprint density at radius 2 is 1.50 bits per heavy atom. The van der Waals surface area contributed by atoms with Gasteiger partial charge in [-0.15, -0.1) is 0 Å². The Hall–Kier alpha value is -3.00. The highest BCUT2D eigenvalue weighted by Crippen LogP contribution is 2.40. The second-order valence-electron chi connectivity index (χ2n) is 6.91. The van der Waals surface area contributed by atoms with Gasteiger partial charge in [0.1, 0.15) is 11.6 Å². The molecule has 162 valence electrons. The topological polar surface area (TPSA) is 60.5 Å². The molecule has 0 aromatic heterocycles. The minimum atomic E-state index is -0.292. The number of carbonyl (C=O) groups is 1. The van der Waals surface area contributed by atoms with Gasteiger partial charge in [0.15, 0.2) is 11.5 Å². The normalized spacial score (nSPS) is 14.4. The maximum absolute atomic E-state index is 13.6. The first kappa shape index (κ1) is 21.7. The molecule has 30 heavy (non-hydrogen) atoms. The Kier molecular flexibility index (Phi) is 6.99. The smallest absolute Gasteiger partial charge is 0.257 e. The molecule has 1 amide bonds. The Balaban J connectivity index is 1.70. The van der Waals surface area contributed by atoms with Crippen LogP contribution in [0.1, 0.15) is 15.9 Å². The van der Waals surface area contributed by atoms with Crippen molar-refractivity contribution in [3.8, 4) is 23.0 Å². The van der Waals surface area contributed by atoms with Gasteiger partial charge in [0.05, 0.1) is 34.0 Å². The molecule has 8 heteroatoms. The molecule has 0 saturated carbocycles. The van der Waals surface area contributed by atoms with Gasteiger partial charge >= 0.3 is 0 Å². The van der Waals surface area contributed by atoms with Crippen LogP contribution in [0.15, 0.2) is 30.3 Å². The van der Waals surface area contributed by atoms with Crippen LogP contribution in [0, 0.1) is 5.82 Å². The van der Waals surface area contributed by atoms with Crippen LogP contribution in [0.5, 0.6) is 23.0 Å². The molecule has 2 aromatic carbocycles. The molecule has 0 unspecified atom stereocenters. The fourth-order valence-corrected chi connectivity index (χ4v) is 3.66. The number of rotatable bonds is 7. The van der Waals surface area contributed by atoms with Crippen LogP contribution in [-0.2, 0) is 6.54 Å². The van der Waals surface area contributed by atoms with Crippen molar-refractivity contribution in [3.05, 3.63) is 47.3 Å². The van der Waals surface area contributed by atoms with Crippen LogP contribution in [0.25, 0.3) is 0 Å². The van der Waals surface area contributed by atoms with Crippen molar-refractivity contribution < 1.29 is 28.1 Å². The summed E-state index contributed by atoms with van der Waals surface area (Å²) in [6.45, 7) is 2.99. The molecule has 0 atom stereocenters. The molecular weight excluding hydrogens is 391 g/mol. The number of nitrogens with zero attached hydrogens (tertiary/aromatic N) is 2. The molecule has 1 fully saturated rings. The van der Waals surface area contributed by atoms with Crippen molar-refractivity contribution in [2.45, 2.75) is 6.54 Å². The van der Waals surface area contributed by atoms with Gasteiger partial charge < -0.3 is 23.8 Å². The number of piperazine rings is 1. The van der Waals surface area contributed by atoms with E-state index < -0.39 is 0 Å². The summed E-state index contributed by atoms with van der Waals surface area (Å²) in [5.41, 5.74) is 1.22. The lowest BCUT2D eigenvalue weighted by molar-refractivity contribution is 0.0623. The molecule has 7 nitrogen and oxygen atoms in total. The van der Waals surface area contributed by atoms with Gasteiger partial charge in [-0.1, -0.05) is 0 Å². The van der Waals surface area contributed by atoms with Gasteiger partial charge in [-0.3, -0.25) is 9.69 Å². The van der Waals surface area contributed by atoms with Crippen molar-refractivity contribution in [2.75, 3.05) is 54.6 Å². The van der Waals surface area contributed by atoms with Gasteiger partial charge in [-0.2, -0.15) is 0 Å². The third-order valence-corrected chi connectivity index (χ3v) is 5.23. The predicted molar refractivity (Wildman–Crippen MR) is 110 cm³/mol. The van der Waals surface area contributed by atoms with Gasteiger partial charge in [0.25, 0.3) is 5.91 Å². The lowest BCUT2D eigenvalue weighted by atomic mass is 10.1. The Morgan fingerprint density at radius 3 is 2.10 bits per heavy atom. The Morgan fingerprint density at radius 1 is 0.867 bits per heavy atom. The highest BCUT2D eigenvalue weighted by molar-refractivity contribution is 5.98. The number of halogens is 1. The van der Waals surface area contributed by atoms with E-state index in [9.17, 15) is 9.18 Å². The van der Waals surface area contributed by atoms with E-state index in [1.165, 1.54) is 33.5 Å². The zero-order valence-corrected chi connectivity index (χ0v) is 17.7. The number of hydrogen-bond acceptors (Lipinski definition) is 6. The molecular formula is C22H27FN2O5. The Bertz CT molecular complexity index is 897. The van der Waals surface area contributed by atoms with E-state index >= 15 is 0 Å². The second kappa shape index (κ2) is 9.67. The number of carbonyl (C=O) groups excluding carboxylic acids is 1. The summed E-state index contributed by atoms with van der Waals surface area (Å²) in [6, 6.07) is 7.89. The summed E-state index contributed by atoms with van der Waals surface area (Å²) in [5, 5.41) is 0. The van der Waals surface area contributed by atoms with E-state index in [1.807, 2.05) is 0 Å². The van der Waals surface area contributed by atoms with Gasteiger partial charge in [0, 0.05) is 38.3 Å². The Labute approximate surface area is 175 Å². The molecule has 1 heterocycles. The third-order valence-electron chi connectivity index (χ3n) is 5.23. The summed E-state index contributed by atoms with van der Waals surface area (Å²) < 4.78 is 35.1. The van der Waals surface area contributed by atoms with Crippen molar-refractivity contribution in [1.29, 1.82) is 0 Å². The zero-order chi connectivity index (χ0) is 21.7. The summed E-state index contributed by atoms with van der Waals surface area (Å²) in [5.74, 6) is 1.48. The maximum atomic E-state index is 13.6. The molecule has 3 rings (SSSR count).